The second-order valence-corrected chi connectivity index (χ2v) is 5.49. The highest BCUT2D eigenvalue weighted by molar-refractivity contribution is 9.11. The highest BCUT2D eigenvalue weighted by atomic mass is 79.9. The number of aromatic nitrogens is 4. The summed E-state index contributed by atoms with van der Waals surface area (Å²) >= 11 is 8.27. The molecule has 0 fully saturated rings. The van der Waals surface area contributed by atoms with E-state index in [0.29, 0.717) is 0 Å². The minimum Gasteiger partial charge on any atom is -0.311 e. The van der Waals surface area contributed by atoms with Crippen LogP contribution in [-0.2, 0) is 7.05 Å². The zero-order valence-electron chi connectivity index (χ0n) is 7.69. The van der Waals surface area contributed by atoms with Crippen molar-refractivity contribution in [3.05, 3.63) is 27.5 Å². The monoisotopic (exact) mass is 348 g/mol. The third-order valence-electron chi connectivity index (χ3n) is 1.63. The molecule has 7 heteroatoms. The van der Waals surface area contributed by atoms with Crippen LogP contribution in [-0.4, -0.2) is 19.7 Å². The van der Waals surface area contributed by atoms with Crippen molar-refractivity contribution in [3.8, 4) is 0 Å². The van der Waals surface area contributed by atoms with Gasteiger partial charge >= 0.3 is 0 Å². The summed E-state index contributed by atoms with van der Waals surface area (Å²) in [6.45, 7) is 0. The molecule has 0 N–H and O–H groups in total. The number of aryl methyl sites for hydroxylation is 1. The van der Waals surface area contributed by atoms with Crippen molar-refractivity contribution in [2.24, 2.45) is 7.05 Å². The van der Waals surface area contributed by atoms with Gasteiger partial charge in [-0.15, -0.1) is 10.2 Å². The predicted octanol–water partition coefficient (Wildman–Crippen LogP) is 2.89. The van der Waals surface area contributed by atoms with E-state index in [0.717, 1.165) is 19.1 Å². The molecule has 78 valence electrons. The Morgan fingerprint density at radius 2 is 2.20 bits per heavy atom. The van der Waals surface area contributed by atoms with Gasteiger partial charge in [-0.3, -0.25) is 0 Å². The van der Waals surface area contributed by atoms with E-state index in [4.69, 9.17) is 0 Å². The highest BCUT2D eigenvalue weighted by Gasteiger charge is 2.08. The highest BCUT2D eigenvalue weighted by Crippen LogP contribution is 2.31. The van der Waals surface area contributed by atoms with E-state index in [2.05, 4.69) is 47.0 Å². The van der Waals surface area contributed by atoms with Gasteiger partial charge in [0.25, 0.3) is 0 Å². The molecule has 0 aliphatic carbocycles. The third kappa shape index (κ3) is 2.59. The summed E-state index contributed by atoms with van der Waals surface area (Å²) in [6.07, 6.45) is 3.42. The topological polar surface area (TPSA) is 43.6 Å². The standard InChI is InChI=1S/C8H6Br2N4S/c1-14-4-12-13-8(14)15-7-6(10)2-5(9)3-11-7/h2-4H,1H3. The first-order valence-electron chi connectivity index (χ1n) is 3.99. The lowest BCUT2D eigenvalue weighted by Gasteiger charge is -2.02. The molecule has 0 aliphatic rings. The fraction of sp³-hybridized carbons (Fsp3) is 0.125. The van der Waals surface area contributed by atoms with Crippen LogP contribution < -0.4 is 0 Å². The minimum atomic E-state index is 0.811. The van der Waals surface area contributed by atoms with Gasteiger partial charge in [0.1, 0.15) is 11.4 Å². The van der Waals surface area contributed by atoms with Crippen molar-refractivity contribution < 1.29 is 0 Å². The van der Waals surface area contributed by atoms with Crippen molar-refractivity contribution in [1.82, 2.24) is 19.7 Å². The van der Waals surface area contributed by atoms with Crippen LogP contribution in [0.3, 0.4) is 0 Å². The minimum absolute atomic E-state index is 0.811. The van der Waals surface area contributed by atoms with Gasteiger partial charge in [0.05, 0.1) is 4.47 Å². The molecule has 0 bridgehead atoms. The van der Waals surface area contributed by atoms with Crippen molar-refractivity contribution in [3.63, 3.8) is 0 Å². The summed E-state index contributed by atoms with van der Waals surface area (Å²) in [5.74, 6) is 0. The predicted molar refractivity (Wildman–Crippen MR) is 64.8 cm³/mol. The van der Waals surface area contributed by atoms with Crippen molar-refractivity contribution >= 4 is 43.6 Å². The third-order valence-corrected chi connectivity index (χ3v) is 4.00. The largest absolute Gasteiger partial charge is 0.311 e. The summed E-state index contributed by atoms with van der Waals surface area (Å²) in [4.78, 5) is 4.28. The Bertz CT molecular complexity index is 485. The summed E-state index contributed by atoms with van der Waals surface area (Å²) in [5, 5.41) is 9.46. The van der Waals surface area contributed by atoms with E-state index in [1.807, 2.05) is 17.7 Å². The molecule has 0 saturated heterocycles. The lowest BCUT2D eigenvalue weighted by Crippen LogP contribution is -1.90. The Kier molecular flexibility index (Phi) is 3.42. The zero-order valence-corrected chi connectivity index (χ0v) is 11.7. The van der Waals surface area contributed by atoms with Crippen LogP contribution in [0.2, 0.25) is 0 Å². The van der Waals surface area contributed by atoms with E-state index in [9.17, 15) is 0 Å². The van der Waals surface area contributed by atoms with Gasteiger partial charge in [-0.05, 0) is 49.7 Å². The first kappa shape index (κ1) is 11.1. The van der Waals surface area contributed by atoms with E-state index in [1.165, 1.54) is 11.8 Å². The maximum atomic E-state index is 4.28. The first-order chi connectivity index (χ1) is 7.16. The van der Waals surface area contributed by atoms with E-state index >= 15 is 0 Å². The van der Waals surface area contributed by atoms with Gasteiger partial charge in [-0.25, -0.2) is 4.98 Å². The van der Waals surface area contributed by atoms with Crippen molar-refractivity contribution in [1.29, 1.82) is 0 Å². The Labute approximate surface area is 108 Å². The summed E-state index contributed by atoms with van der Waals surface area (Å²) in [6, 6.07) is 1.95. The van der Waals surface area contributed by atoms with Crippen LogP contribution in [0.5, 0.6) is 0 Å². The number of rotatable bonds is 2. The van der Waals surface area contributed by atoms with E-state index in [-0.39, 0.29) is 0 Å². The van der Waals surface area contributed by atoms with Gasteiger partial charge in [-0.1, -0.05) is 0 Å². The van der Waals surface area contributed by atoms with Crippen molar-refractivity contribution in [2.45, 2.75) is 10.2 Å². The number of pyridine rings is 1. The number of halogens is 2. The molecule has 0 spiro atoms. The maximum absolute atomic E-state index is 4.28. The quantitative estimate of drug-likeness (QED) is 0.836. The normalized spacial score (nSPS) is 10.6. The molecule has 0 radical (unpaired) electrons. The SMILES string of the molecule is Cn1cnnc1Sc1ncc(Br)cc1Br. The molecule has 2 aromatic rings. The first-order valence-corrected chi connectivity index (χ1v) is 6.40. The van der Waals surface area contributed by atoms with Crippen LogP contribution in [0.4, 0.5) is 0 Å². The average Bonchev–Trinajstić information content (AvgIpc) is 2.57. The van der Waals surface area contributed by atoms with Crippen LogP contribution in [0.1, 0.15) is 0 Å². The van der Waals surface area contributed by atoms with Crippen LogP contribution in [0.15, 0.2) is 37.7 Å². The molecule has 4 nitrogen and oxygen atoms in total. The smallest absolute Gasteiger partial charge is 0.197 e. The second kappa shape index (κ2) is 4.63. The lowest BCUT2D eigenvalue weighted by molar-refractivity contribution is 0.787. The number of nitrogens with zero attached hydrogens (tertiary/aromatic N) is 4. The van der Waals surface area contributed by atoms with E-state index in [1.54, 1.807) is 12.5 Å². The van der Waals surface area contributed by atoms with Crippen molar-refractivity contribution in [2.75, 3.05) is 0 Å². The zero-order chi connectivity index (χ0) is 10.8. The molecule has 2 rings (SSSR count). The number of hydrogen-bond acceptors (Lipinski definition) is 4. The molecule has 2 aromatic heterocycles. The fourth-order valence-electron chi connectivity index (χ4n) is 0.929. The Hall–Kier alpha value is -0.400. The van der Waals surface area contributed by atoms with Crippen LogP contribution in [0, 0.1) is 0 Å². The Morgan fingerprint density at radius 3 is 2.80 bits per heavy atom. The molecular formula is C8H6Br2N4S. The molecule has 2 heterocycles. The number of hydrogen-bond donors (Lipinski definition) is 0. The molecule has 15 heavy (non-hydrogen) atoms. The second-order valence-electron chi connectivity index (χ2n) is 2.77. The van der Waals surface area contributed by atoms with Gasteiger partial charge < -0.3 is 4.57 Å². The van der Waals surface area contributed by atoms with Gasteiger partial charge in [-0.2, -0.15) is 0 Å². The maximum Gasteiger partial charge on any atom is 0.197 e. The van der Waals surface area contributed by atoms with Gasteiger partial charge in [0.2, 0.25) is 0 Å². The Balaban J connectivity index is 2.29. The molecule has 0 unspecified atom stereocenters. The van der Waals surface area contributed by atoms with Crippen LogP contribution in [0.25, 0.3) is 0 Å². The van der Waals surface area contributed by atoms with E-state index < -0.39 is 0 Å². The lowest BCUT2D eigenvalue weighted by atomic mass is 10.5. The Morgan fingerprint density at radius 1 is 1.40 bits per heavy atom. The molecule has 0 atom stereocenters. The van der Waals surface area contributed by atoms with Gasteiger partial charge in [0, 0.05) is 17.7 Å². The average molecular weight is 350 g/mol. The fourth-order valence-corrected chi connectivity index (χ4v) is 2.87. The summed E-state index contributed by atoms with van der Waals surface area (Å²) < 4.78 is 3.72. The molecular weight excluding hydrogens is 344 g/mol. The molecule has 0 amide bonds. The van der Waals surface area contributed by atoms with Gasteiger partial charge in [0.15, 0.2) is 5.16 Å². The molecule has 0 aromatic carbocycles. The molecule has 0 aliphatic heterocycles. The summed E-state index contributed by atoms with van der Waals surface area (Å²) in [5.41, 5.74) is 0. The van der Waals surface area contributed by atoms with Crippen LogP contribution >= 0.6 is 43.6 Å². The molecule has 0 saturated carbocycles. The summed E-state index contributed by atoms with van der Waals surface area (Å²) in [7, 11) is 1.90.